The number of amides is 2. The number of hydrogen-bond donors (Lipinski definition) is 5. The molecule has 5 N–H and O–H groups in total. The lowest BCUT2D eigenvalue weighted by atomic mass is 10.1. The summed E-state index contributed by atoms with van der Waals surface area (Å²) in [7, 11) is 0. The smallest absolute Gasteiger partial charge is 0.319 e. The van der Waals surface area contributed by atoms with Crippen molar-refractivity contribution in [3.05, 3.63) is 47.0 Å². The number of carbonyl (C=O) groups excluding carboxylic acids is 1. The first-order valence-corrected chi connectivity index (χ1v) is 6.88. The van der Waals surface area contributed by atoms with E-state index in [4.69, 9.17) is 11.6 Å². The molecule has 2 aromatic rings. The maximum absolute atomic E-state index is 11.7. The van der Waals surface area contributed by atoms with Gasteiger partial charge in [0.25, 0.3) is 0 Å². The van der Waals surface area contributed by atoms with Crippen LogP contribution < -0.4 is 10.6 Å². The topological polar surface area (TPSA) is 102 Å². The fourth-order valence-corrected chi connectivity index (χ4v) is 2.08. The van der Waals surface area contributed by atoms with Crippen molar-refractivity contribution in [2.75, 3.05) is 11.9 Å². The molecule has 0 aliphatic rings. The van der Waals surface area contributed by atoms with Crippen LogP contribution in [0.1, 0.15) is 5.56 Å². The predicted octanol–water partition coefficient (Wildman–Crippen LogP) is 2.82. The monoisotopic (exact) mass is 322 g/mol. The summed E-state index contributed by atoms with van der Waals surface area (Å²) in [6.45, 7) is 0.391. The second-order valence-corrected chi connectivity index (χ2v) is 5.06. The van der Waals surface area contributed by atoms with Gasteiger partial charge in [-0.2, -0.15) is 0 Å². The molecule has 2 aromatic carbocycles. The van der Waals surface area contributed by atoms with Gasteiger partial charge in [0.1, 0.15) is 0 Å². The van der Waals surface area contributed by atoms with Crippen molar-refractivity contribution in [1.82, 2.24) is 5.32 Å². The van der Waals surface area contributed by atoms with Crippen molar-refractivity contribution in [2.24, 2.45) is 0 Å². The third-order valence-corrected chi connectivity index (χ3v) is 3.15. The van der Waals surface area contributed by atoms with Gasteiger partial charge in [-0.05, 0) is 24.1 Å². The maximum atomic E-state index is 11.7. The van der Waals surface area contributed by atoms with E-state index in [-0.39, 0.29) is 5.69 Å². The first-order valence-electron chi connectivity index (χ1n) is 6.50. The molecule has 2 amide bonds. The molecular formula is C15H15ClN2O4. The molecule has 22 heavy (non-hydrogen) atoms. The molecule has 0 aromatic heterocycles. The van der Waals surface area contributed by atoms with Crippen molar-refractivity contribution in [3.63, 3.8) is 0 Å². The molecule has 0 saturated heterocycles. The van der Waals surface area contributed by atoms with Gasteiger partial charge in [-0.25, -0.2) is 4.79 Å². The van der Waals surface area contributed by atoms with E-state index in [1.54, 1.807) is 6.07 Å². The number of phenols is 3. The summed E-state index contributed by atoms with van der Waals surface area (Å²) in [6, 6.07) is 9.09. The van der Waals surface area contributed by atoms with Gasteiger partial charge < -0.3 is 26.0 Å². The van der Waals surface area contributed by atoms with E-state index in [0.29, 0.717) is 18.0 Å². The Morgan fingerprint density at radius 1 is 1.09 bits per heavy atom. The number of hydrogen-bond acceptors (Lipinski definition) is 4. The van der Waals surface area contributed by atoms with E-state index in [1.165, 1.54) is 0 Å². The van der Waals surface area contributed by atoms with Crippen LogP contribution >= 0.6 is 11.6 Å². The van der Waals surface area contributed by atoms with Crippen molar-refractivity contribution in [3.8, 4) is 17.2 Å². The molecule has 0 radical (unpaired) electrons. The number of anilines is 1. The number of urea groups is 1. The van der Waals surface area contributed by atoms with Gasteiger partial charge in [0, 0.05) is 23.7 Å². The molecular weight excluding hydrogens is 308 g/mol. The van der Waals surface area contributed by atoms with Crippen LogP contribution in [0, 0.1) is 0 Å². The molecule has 116 valence electrons. The third kappa shape index (κ3) is 4.20. The van der Waals surface area contributed by atoms with Gasteiger partial charge in [0.2, 0.25) is 0 Å². The highest BCUT2D eigenvalue weighted by molar-refractivity contribution is 6.30. The predicted molar refractivity (Wildman–Crippen MR) is 83.6 cm³/mol. The highest BCUT2D eigenvalue weighted by Gasteiger charge is 2.09. The van der Waals surface area contributed by atoms with Crippen LogP contribution in [0.25, 0.3) is 0 Å². The Balaban J connectivity index is 1.86. The van der Waals surface area contributed by atoms with E-state index in [9.17, 15) is 20.1 Å². The van der Waals surface area contributed by atoms with Gasteiger partial charge in [-0.1, -0.05) is 23.7 Å². The van der Waals surface area contributed by atoms with Crippen LogP contribution in [0.2, 0.25) is 5.02 Å². The lowest BCUT2D eigenvalue weighted by molar-refractivity contribution is 0.252. The minimum Gasteiger partial charge on any atom is -0.504 e. The van der Waals surface area contributed by atoms with Crippen molar-refractivity contribution >= 4 is 23.3 Å². The zero-order chi connectivity index (χ0) is 16.1. The van der Waals surface area contributed by atoms with Gasteiger partial charge >= 0.3 is 6.03 Å². The molecule has 0 bridgehead atoms. The summed E-state index contributed by atoms with van der Waals surface area (Å²) < 4.78 is 0. The fourth-order valence-electron chi connectivity index (χ4n) is 1.86. The molecule has 7 heteroatoms. The normalized spacial score (nSPS) is 10.2. The Kier molecular flexibility index (Phi) is 4.95. The van der Waals surface area contributed by atoms with Crippen LogP contribution in [0.15, 0.2) is 36.4 Å². The van der Waals surface area contributed by atoms with E-state index in [0.717, 1.165) is 17.7 Å². The Hall–Kier alpha value is -2.60. The molecule has 0 spiro atoms. The van der Waals surface area contributed by atoms with Crippen LogP contribution in [0.5, 0.6) is 17.2 Å². The second-order valence-electron chi connectivity index (χ2n) is 4.62. The van der Waals surface area contributed by atoms with Crippen LogP contribution in [-0.2, 0) is 6.42 Å². The summed E-state index contributed by atoms with van der Waals surface area (Å²) in [5.41, 5.74) is 1.15. The summed E-state index contributed by atoms with van der Waals surface area (Å²) in [6.07, 6.45) is 0.611. The minimum absolute atomic E-state index is 0.160. The number of phenolic OH excluding ortho intramolecular Hbond substituents is 3. The fraction of sp³-hybridized carbons (Fsp3) is 0.133. The average molecular weight is 323 g/mol. The van der Waals surface area contributed by atoms with E-state index >= 15 is 0 Å². The second kappa shape index (κ2) is 6.91. The zero-order valence-electron chi connectivity index (χ0n) is 11.5. The van der Waals surface area contributed by atoms with Gasteiger partial charge in [-0.15, -0.1) is 0 Å². The van der Waals surface area contributed by atoms with E-state index < -0.39 is 23.3 Å². The molecule has 0 saturated carbocycles. The molecule has 2 rings (SSSR count). The molecule has 0 aliphatic carbocycles. The average Bonchev–Trinajstić information content (AvgIpc) is 2.44. The number of halogens is 1. The standard InChI is InChI=1S/C15H15ClN2O4/c16-10-3-1-2-9(6-10)4-5-17-15(22)18-11-7-12(19)14(21)13(20)8-11/h1-3,6-8,19-21H,4-5H2,(H2,17,18,22). The minimum atomic E-state index is -0.632. The summed E-state index contributed by atoms with van der Waals surface area (Å²) in [5.74, 6) is -1.67. The first kappa shape index (κ1) is 15.8. The number of nitrogens with one attached hydrogen (secondary N) is 2. The molecule has 0 fully saturated rings. The number of rotatable bonds is 4. The Morgan fingerprint density at radius 3 is 2.41 bits per heavy atom. The molecule has 0 heterocycles. The Morgan fingerprint density at radius 2 is 1.77 bits per heavy atom. The van der Waals surface area contributed by atoms with Gasteiger partial charge in [-0.3, -0.25) is 0 Å². The molecule has 0 unspecified atom stereocenters. The Labute approximate surface area is 132 Å². The largest absolute Gasteiger partial charge is 0.504 e. The van der Waals surface area contributed by atoms with E-state index in [2.05, 4.69) is 10.6 Å². The zero-order valence-corrected chi connectivity index (χ0v) is 12.3. The lowest BCUT2D eigenvalue weighted by Gasteiger charge is -2.09. The van der Waals surface area contributed by atoms with Crippen molar-refractivity contribution < 1.29 is 20.1 Å². The van der Waals surface area contributed by atoms with Gasteiger partial charge in [0.05, 0.1) is 5.69 Å². The highest BCUT2D eigenvalue weighted by Crippen LogP contribution is 2.37. The number of benzene rings is 2. The summed E-state index contributed by atoms with van der Waals surface area (Å²) in [5, 5.41) is 33.6. The van der Waals surface area contributed by atoms with Crippen LogP contribution in [-0.4, -0.2) is 27.9 Å². The number of aromatic hydroxyl groups is 3. The summed E-state index contributed by atoms with van der Waals surface area (Å²) in [4.78, 5) is 11.7. The maximum Gasteiger partial charge on any atom is 0.319 e. The van der Waals surface area contributed by atoms with Crippen LogP contribution in [0.3, 0.4) is 0 Å². The van der Waals surface area contributed by atoms with Crippen molar-refractivity contribution in [2.45, 2.75) is 6.42 Å². The Bertz CT molecular complexity index is 668. The lowest BCUT2D eigenvalue weighted by Crippen LogP contribution is -2.30. The number of carbonyl (C=O) groups is 1. The van der Waals surface area contributed by atoms with E-state index in [1.807, 2.05) is 18.2 Å². The SMILES string of the molecule is O=C(NCCc1cccc(Cl)c1)Nc1cc(O)c(O)c(O)c1. The van der Waals surface area contributed by atoms with Gasteiger partial charge in [0.15, 0.2) is 17.2 Å². The quantitative estimate of drug-likeness (QED) is 0.441. The first-order chi connectivity index (χ1) is 10.5. The summed E-state index contributed by atoms with van der Waals surface area (Å²) >= 11 is 5.87. The van der Waals surface area contributed by atoms with Crippen molar-refractivity contribution in [1.29, 1.82) is 0 Å². The molecule has 0 aliphatic heterocycles. The molecule has 6 nitrogen and oxygen atoms in total. The third-order valence-electron chi connectivity index (χ3n) is 2.92. The highest BCUT2D eigenvalue weighted by atomic mass is 35.5. The van der Waals surface area contributed by atoms with Crippen LogP contribution in [0.4, 0.5) is 10.5 Å². The molecule has 0 atom stereocenters.